The lowest BCUT2D eigenvalue weighted by Gasteiger charge is -2.06. The number of aromatic nitrogens is 1. The van der Waals surface area contributed by atoms with Crippen molar-refractivity contribution in [3.63, 3.8) is 0 Å². The van der Waals surface area contributed by atoms with Crippen LogP contribution < -0.4 is 0 Å². The van der Waals surface area contributed by atoms with Crippen LogP contribution in [0, 0.1) is 0 Å². The van der Waals surface area contributed by atoms with Crippen molar-refractivity contribution in [3.05, 3.63) is 23.5 Å². The van der Waals surface area contributed by atoms with Crippen LogP contribution in [0.2, 0.25) is 0 Å². The van der Waals surface area contributed by atoms with Crippen LogP contribution in [0.15, 0.2) is 12.4 Å². The van der Waals surface area contributed by atoms with Gasteiger partial charge in [0.25, 0.3) is 0 Å². The first-order valence-electron chi connectivity index (χ1n) is 5.91. The molecular weight excluding hydrogens is 170 g/mol. The molecule has 0 aliphatic heterocycles. The molecule has 1 aromatic rings. The fraction of sp³-hybridized carbons (Fsp3) is 0.692. The largest absolute Gasteiger partial charge is 0.367 e. The maximum atomic E-state index is 3.22. The minimum Gasteiger partial charge on any atom is -0.367 e. The molecule has 80 valence electrons. The van der Waals surface area contributed by atoms with Crippen molar-refractivity contribution >= 4 is 0 Å². The second-order valence-corrected chi connectivity index (χ2v) is 4.40. The van der Waals surface area contributed by atoms with Crippen LogP contribution in [0.1, 0.15) is 63.5 Å². The van der Waals surface area contributed by atoms with Crippen molar-refractivity contribution in [2.75, 3.05) is 0 Å². The summed E-state index contributed by atoms with van der Waals surface area (Å²) in [6.45, 7) is 6.78. The highest BCUT2D eigenvalue weighted by molar-refractivity contribution is 5.26. The second-order valence-electron chi connectivity index (χ2n) is 4.40. The van der Waals surface area contributed by atoms with Crippen LogP contribution in [0.5, 0.6) is 0 Å². The molecule has 14 heavy (non-hydrogen) atoms. The summed E-state index contributed by atoms with van der Waals surface area (Å²) in [5.74, 6) is 0.655. The average molecular weight is 193 g/mol. The zero-order valence-electron chi connectivity index (χ0n) is 9.77. The van der Waals surface area contributed by atoms with Crippen LogP contribution in [-0.4, -0.2) is 4.98 Å². The van der Waals surface area contributed by atoms with Gasteiger partial charge < -0.3 is 4.98 Å². The average Bonchev–Trinajstić information content (AvgIpc) is 2.60. The third-order valence-electron chi connectivity index (χ3n) is 2.79. The van der Waals surface area contributed by atoms with Gasteiger partial charge in [-0.25, -0.2) is 0 Å². The monoisotopic (exact) mass is 193 g/mol. The second kappa shape index (κ2) is 5.90. The highest BCUT2D eigenvalue weighted by Gasteiger charge is 2.06. The number of unbranched alkanes of at least 4 members (excludes halogenated alkanes) is 3. The number of nitrogens with one attached hydrogen (secondary N) is 1. The molecule has 1 rings (SSSR count). The standard InChI is InChI=1S/C13H23N/c1-4-5-6-7-8-12-9-14-10-13(12)11(2)3/h9-11,14H,4-8H2,1-3H3. The number of hydrogen-bond donors (Lipinski definition) is 1. The van der Waals surface area contributed by atoms with Crippen LogP contribution in [0.25, 0.3) is 0 Å². The van der Waals surface area contributed by atoms with Gasteiger partial charge in [0, 0.05) is 12.4 Å². The van der Waals surface area contributed by atoms with E-state index in [0.29, 0.717) is 5.92 Å². The Balaban J connectivity index is 2.38. The molecule has 0 fully saturated rings. The van der Waals surface area contributed by atoms with Crippen molar-refractivity contribution in [2.45, 2.75) is 58.8 Å². The Bertz CT molecular complexity index is 247. The van der Waals surface area contributed by atoms with Crippen molar-refractivity contribution in [2.24, 2.45) is 0 Å². The van der Waals surface area contributed by atoms with E-state index in [-0.39, 0.29) is 0 Å². The van der Waals surface area contributed by atoms with E-state index in [1.165, 1.54) is 43.2 Å². The molecule has 1 nitrogen and oxygen atoms in total. The van der Waals surface area contributed by atoms with Gasteiger partial charge in [0.2, 0.25) is 0 Å². The third-order valence-corrected chi connectivity index (χ3v) is 2.79. The Labute approximate surface area is 87.9 Å². The van der Waals surface area contributed by atoms with Crippen molar-refractivity contribution in [1.29, 1.82) is 0 Å². The molecule has 1 N–H and O–H groups in total. The molecular formula is C13H23N. The quantitative estimate of drug-likeness (QED) is 0.650. The number of aryl methyl sites for hydroxylation is 1. The Morgan fingerprint density at radius 2 is 1.93 bits per heavy atom. The van der Waals surface area contributed by atoms with Crippen molar-refractivity contribution in [3.8, 4) is 0 Å². The van der Waals surface area contributed by atoms with E-state index in [9.17, 15) is 0 Å². The summed E-state index contributed by atoms with van der Waals surface area (Å²) in [6.07, 6.45) is 11.0. The molecule has 1 aromatic heterocycles. The molecule has 0 amide bonds. The predicted molar refractivity (Wildman–Crippen MR) is 62.7 cm³/mol. The normalized spacial score (nSPS) is 11.1. The summed E-state index contributed by atoms with van der Waals surface area (Å²) in [5.41, 5.74) is 3.03. The first-order chi connectivity index (χ1) is 6.75. The van der Waals surface area contributed by atoms with Gasteiger partial charge in [-0.05, 0) is 29.9 Å². The summed E-state index contributed by atoms with van der Waals surface area (Å²) in [5, 5.41) is 0. The first kappa shape index (κ1) is 11.4. The molecule has 1 heteroatoms. The van der Waals surface area contributed by atoms with Gasteiger partial charge in [-0.15, -0.1) is 0 Å². The zero-order chi connectivity index (χ0) is 10.4. The molecule has 0 aliphatic carbocycles. The van der Waals surface area contributed by atoms with Crippen LogP contribution in [-0.2, 0) is 6.42 Å². The van der Waals surface area contributed by atoms with Crippen molar-refractivity contribution in [1.82, 2.24) is 4.98 Å². The molecule has 0 aliphatic rings. The van der Waals surface area contributed by atoms with E-state index in [0.717, 1.165) is 0 Å². The van der Waals surface area contributed by atoms with Crippen molar-refractivity contribution < 1.29 is 0 Å². The SMILES string of the molecule is CCCCCCc1c[nH]cc1C(C)C. The highest BCUT2D eigenvalue weighted by Crippen LogP contribution is 2.20. The Morgan fingerprint density at radius 1 is 1.14 bits per heavy atom. The molecule has 0 atom stereocenters. The smallest absolute Gasteiger partial charge is 0.00428 e. The Kier molecular flexibility index (Phi) is 4.78. The van der Waals surface area contributed by atoms with Gasteiger partial charge in [-0.1, -0.05) is 40.0 Å². The van der Waals surface area contributed by atoms with Crippen LogP contribution >= 0.6 is 0 Å². The number of rotatable bonds is 6. The van der Waals surface area contributed by atoms with Gasteiger partial charge >= 0.3 is 0 Å². The minimum atomic E-state index is 0.655. The first-order valence-corrected chi connectivity index (χ1v) is 5.91. The van der Waals surface area contributed by atoms with E-state index in [1.54, 1.807) is 0 Å². The van der Waals surface area contributed by atoms with Crippen LogP contribution in [0.4, 0.5) is 0 Å². The maximum absolute atomic E-state index is 3.22. The van der Waals surface area contributed by atoms with E-state index in [1.807, 2.05) is 0 Å². The Morgan fingerprint density at radius 3 is 2.57 bits per heavy atom. The molecule has 0 saturated carbocycles. The Hall–Kier alpha value is -0.720. The van der Waals surface area contributed by atoms with Gasteiger partial charge in [0.05, 0.1) is 0 Å². The van der Waals surface area contributed by atoms with E-state index in [4.69, 9.17) is 0 Å². The molecule has 0 spiro atoms. The van der Waals surface area contributed by atoms with Gasteiger partial charge in [-0.2, -0.15) is 0 Å². The fourth-order valence-corrected chi connectivity index (χ4v) is 1.90. The lowest BCUT2D eigenvalue weighted by atomic mass is 9.98. The van der Waals surface area contributed by atoms with E-state index >= 15 is 0 Å². The molecule has 0 radical (unpaired) electrons. The molecule has 1 heterocycles. The number of aromatic amines is 1. The molecule has 0 bridgehead atoms. The summed E-state index contributed by atoms with van der Waals surface area (Å²) in [7, 11) is 0. The van der Waals surface area contributed by atoms with Gasteiger partial charge in [0.1, 0.15) is 0 Å². The maximum Gasteiger partial charge on any atom is 0.00428 e. The third kappa shape index (κ3) is 3.21. The summed E-state index contributed by atoms with van der Waals surface area (Å²) in [4.78, 5) is 3.22. The number of hydrogen-bond acceptors (Lipinski definition) is 0. The fourth-order valence-electron chi connectivity index (χ4n) is 1.90. The summed E-state index contributed by atoms with van der Waals surface area (Å²) >= 11 is 0. The predicted octanol–water partition coefficient (Wildman–Crippen LogP) is 4.26. The van der Waals surface area contributed by atoms with E-state index < -0.39 is 0 Å². The molecule has 0 aromatic carbocycles. The highest BCUT2D eigenvalue weighted by atomic mass is 14.6. The lowest BCUT2D eigenvalue weighted by Crippen LogP contribution is -1.92. The number of H-pyrrole nitrogens is 1. The zero-order valence-corrected chi connectivity index (χ0v) is 9.77. The lowest BCUT2D eigenvalue weighted by molar-refractivity contribution is 0.663. The molecule has 0 saturated heterocycles. The molecule has 0 unspecified atom stereocenters. The van der Waals surface area contributed by atoms with Gasteiger partial charge in [0.15, 0.2) is 0 Å². The summed E-state index contributed by atoms with van der Waals surface area (Å²) in [6, 6.07) is 0. The van der Waals surface area contributed by atoms with Crippen LogP contribution in [0.3, 0.4) is 0 Å². The van der Waals surface area contributed by atoms with E-state index in [2.05, 4.69) is 38.1 Å². The minimum absolute atomic E-state index is 0.655. The topological polar surface area (TPSA) is 15.8 Å². The van der Waals surface area contributed by atoms with Gasteiger partial charge in [-0.3, -0.25) is 0 Å². The summed E-state index contributed by atoms with van der Waals surface area (Å²) < 4.78 is 0.